The van der Waals surface area contributed by atoms with Crippen molar-refractivity contribution < 1.29 is 4.74 Å². The number of aromatic nitrogens is 3. The molecule has 3 N–H and O–H groups in total. The van der Waals surface area contributed by atoms with Gasteiger partial charge >= 0.3 is 0 Å². The number of halogens is 1. The van der Waals surface area contributed by atoms with Gasteiger partial charge in [-0.1, -0.05) is 0 Å². The van der Waals surface area contributed by atoms with Gasteiger partial charge in [0, 0.05) is 22.4 Å². The standard InChI is InChI=1S/C12H15BrN6OS/c13-8-1-6-21-9(8)7-15-11-16-10(14)17-12(18-11)19-2-4-20-5-3-19/h1,6H,2-5,7H2,(H3,14,15,16,17,18). The van der Waals surface area contributed by atoms with E-state index in [-0.39, 0.29) is 5.95 Å². The van der Waals surface area contributed by atoms with Gasteiger partial charge in [0.25, 0.3) is 0 Å². The SMILES string of the molecule is Nc1nc(NCc2sccc2Br)nc(N2CCOCC2)n1. The Morgan fingerprint density at radius 2 is 2.14 bits per heavy atom. The Hall–Kier alpha value is -1.45. The van der Waals surface area contributed by atoms with E-state index in [4.69, 9.17) is 10.5 Å². The summed E-state index contributed by atoms with van der Waals surface area (Å²) in [6.07, 6.45) is 0. The van der Waals surface area contributed by atoms with Crippen LogP contribution in [-0.4, -0.2) is 41.3 Å². The van der Waals surface area contributed by atoms with Crippen LogP contribution in [0.4, 0.5) is 17.8 Å². The lowest BCUT2D eigenvalue weighted by Crippen LogP contribution is -2.37. The van der Waals surface area contributed by atoms with Gasteiger partial charge in [0.2, 0.25) is 17.8 Å². The second-order valence-corrected chi connectivity index (χ2v) is 6.32. The molecule has 3 heterocycles. The summed E-state index contributed by atoms with van der Waals surface area (Å²) in [7, 11) is 0. The van der Waals surface area contributed by atoms with E-state index in [0.717, 1.165) is 17.6 Å². The second kappa shape index (κ2) is 6.54. The lowest BCUT2D eigenvalue weighted by molar-refractivity contribution is 0.122. The summed E-state index contributed by atoms with van der Waals surface area (Å²) in [6.45, 7) is 3.52. The fraction of sp³-hybridized carbons (Fsp3) is 0.417. The zero-order valence-electron chi connectivity index (χ0n) is 11.3. The Balaban J connectivity index is 1.73. The van der Waals surface area contributed by atoms with Crippen molar-refractivity contribution in [3.05, 3.63) is 20.8 Å². The molecule has 2 aromatic heterocycles. The molecule has 1 aliphatic heterocycles. The Bertz CT molecular complexity index is 616. The number of morpholine rings is 1. The van der Waals surface area contributed by atoms with E-state index < -0.39 is 0 Å². The number of nitrogens with zero attached hydrogens (tertiary/aromatic N) is 4. The molecule has 112 valence electrons. The van der Waals surface area contributed by atoms with Crippen LogP contribution in [0.5, 0.6) is 0 Å². The summed E-state index contributed by atoms with van der Waals surface area (Å²) < 4.78 is 6.41. The van der Waals surface area contributed by atoms with Gasteiger partial charge in [-0.3, -0.25) is 0 Å². The largest absolute Gasteiger partial charge is 0.378 e. The maximum absolute atomic E-state index is 5.78. The summed E-state index contributed by atoms with van der Waals surface area (Å²) in [5.41, 5.74) is 5.78. The molecule has 9 heteroatoms. The summed E-state index contributed by atoms with van der Waals surface area (Å²) >= 11 is 5.17. The van der Waals surface area contributed by atoms with Crippen LogP contribution in [0, 0.1) is 0 Å². The molecule has 1 aliphatic rings. The van der Waals surface area contributed by atoms with Gasteiger partial charge < -0.3 is 20.7 Å². The maximum atomic E-state index is 5.78. The van der Waals surface area contributed by atoms with Crippen LogP contribution < -0.4 is 16.0 Å². The van der Waals surface area contributed by atoms with Crippen molar-refractivity contribution in [3.63, 3.8) is 0 Å². The van der Waals surface area contributed by atoms with Crippen LogP contribution >= 0.6 is 27.3 Å². The van der Waals surface area contributed by atoms with Crippen LogP contribution in [0.25, 0.3) is 0 Å². The van der Waals surface area contributed by atoms with Crippen LogP contribution in [-0.2, 0) is 11.3 Å². The molecule has 0 aromatic carbocycles. The first-order chi connectivity index (χ1) is 10.2. The van der Waals surface area contributed by atoms with Gasteiger partial charge in [0.1, 0.15) is 0 Å². The predicted molar refractivity (Wildman–Crippen MR) is 86.6 cm³/mol. The monoisotopic (exact) mass is 370 g/mol. The lowest BCUT2D eigenvalue weighted by atomic mass is 10.4. The minimum Gasteiger partial charge on any atom is -0.378 e. The van der Waals surface area contributed by atoms with Gasteiger partial charge in [-0.2, -0.15) is 15.0 Å². The van der Waals surface area contributed by atoms with Crippen LogP contribution in [0.3, 0.4) is 0 Å². The fourth-order valence-electron chi connectivity index (χ4n) is 1.98. The highest BCUT2D eigenvalue weighted by Gasteiger charge is 2.16. The normalized spacial score (nSPS) is 15.2. The number of nitrogens with one attached hydrogen (secondary N) is 1. The van der Waals surface area contributed by atoms with Gasteiger partial charge in [0.15, 0.2) is 0 Å². The number of nitrogens with two attached hydrogens (primary N) is 1. The Labute approximate surface area is 134 Å². The van der Waals surface area contributed by atoms with E-state index in [9.17, 15) is 0 Å². The molecule has 0 unspecified atom stereocenters. The smallest absolute Gasteiger partial charge is 0.232 e. The third-order valence-electron chi connectivity index (χ3n) is 3.03. The predicted octanol–water partition coefficient (Wildman–Crippen LogP) is 1.73. The molecule has 1 saturated heterocycles. The highest BCUT2D eigenvalue weighted by Crippen LogP contribution is 2.23. The minimum atomic E-state index is 0.222. The minimum absolute atomic E-state index is 0.222. The molecular weight excluding hydrogens is 356 g/mol. The van der Waals surface area contributed by atoms with E-state index in [0.29, 0.717) is 31.7 Å². The molecule has 0 atom stereocenters. The summed E-state index contributed by atoms with van der Waals surface area (Å²) in [5, 5.41) is 5.22. The van der Waals surface area contributed by atoms with Crippen molar-refractivity contribution in [3.8, 4) is 0 Å². The topological polar surface area (TPSA) is 89.2 Å². The first-order valence-corrected chi connectivity index (χ1v) is 8.19. The van der Waals surface area contributed by atoms with Gasteiger partial charge in [-0.05, 0) is 27.4 Å². The summed E-state index contributed by atoms with van der Waals surface area (Å²) in [5.74, 6) is 1.31. The zero-order valence-corrected chi connectivity index (χ0v) is 13.7. The molecule has 2 aromatic rings. The molecular formula is C12H15BrN6OS. The van der Waals surface area contributed by atoms with E-state index >= 15 is 0 Å². The third kappa shape index (κ3) is 3.60. The zero-order chi connectivity index (χ0) is 14.7. The van der Waals surface area contributed by atoms with Crippen molar-refractivity contribution in [1.29, 1.82) is 0 Å². The molecule has 3 rings (SSSR count). The molecule has 0 saturated carbocycles. The average molecular weight is 371 g/mol. The molecule has 0 bridgehead atoms. The Morgan fingerprint density at radius 1 is 1.33 bits per heavy atom. The average Bonchev–Trinajstić information content (AvgIpc) is 2.91. The van der Waals surface area contributed by atoms with E-state index in [1.54, 1.807) is 11.3 Å². The number of hydrogen-bond acceptors (Lipinski definition) is 8. The van der Waals surface area contributed by atoms with E-state index in [1.165, 1.54) is 4.88 Å². The van der Waals surface area contributed by atoms with Crippen molar-refractivity contribution in [2.24, 2.45) is 0 Å². The third-order valence-corrected chi connectivity index (χ3v) is 4.96. The number of ether oxygens (including phenoxy) is 1. The summed E-state index contributed by atoms with van der Waals surface area (Å²) in [6, 6.07) is 2.02. The van der Waals surface area contributed by atoms with Crippen molar-refractivity contribution >= 4 is 45.1 Å². The van der Waals surface area contributed by atoms with Crippen LogP contribution in [0.15, 0.2) is 15.9 Å². The number of thiophene rings is 1. The summed E-state index contributed by atoms with van der Waals surface area (Å²) in [4.78, 5) is 16.0. The maximum Gasteiger partial charge on any atom is 0.232 e. The van der Waals surface area contributed by atoms with Crippen molar-refractivity contribution in [2.75, 3.05) is 42.3 Å². The van der Waals surface area contributed by atoms with Gasteiger partial charge in [-0.25, -0.2) is 0 Å². The van der Waals surface area contributed by atoms with Crippen LogP contribution in [0.2, 0.25) is 0 Å². The first-order valence-electron chi connectivity index (χ1n) is 6.52. The lowest BCUT2D eigenvalue weighted by Gasteiger charge is -2.26. The number of anilines is 3. The van der Waals surface area contributed by atoms with Crippen molar-refractivity contribution in [2.45, 2.75) is 6.54 Å². The fourth-order valence-corrected chi connectivity index (χ4v) is 3.41. The Kier molecular flexibility index (Phi) is 4.51. The Morgan fingerprint density at radius 3 is 2.86 bits per heavy atom. The molecule has 0 amide bonds. The molecule has 7 nitrogen and oxygen atoms in total. The van der Waals surface area contributed by atoms with Crippen molar-refractivity contribution in [1.82, 2.24) is 15.0 Å². The molecule has 0 radical (unpaired) electrons. The molecule has 0 aliphatic carbocycles. The highest BCUT2D eigenvalue weighted by molar-refractivity contribution is 9.10. The molecule has 1 fully saturated rings. The molecule has 21 heavy (non-hydrogen) atoms. The second-order valence-electron chi connectivity index (χ2n) is 4.46. The quantitative estimate of drug-likeness (QED) is 0.846. The number of nitrogen functional groups attached to an aromatic ring is 1. The van der Waals surface area contributed by atoms with Gasteiger partial charge in [0.05, 0.1) is 19.8 Å². The van der Waals surface area contributed by atoms with Gasteiger partial charge in [-0.15, -0.1) is 11.3 Å². The van der Waals surface area contributed by atoms with E-state index in [1.807, 2.05) is 16.3 Å². The molecule has 0 spiro atoms. The first kappa shape index (κ1) is 14.5. The van der Waals surface area contributed by atoms with E-state index in [2.05, 4.69) is 36.2 Å². The highest BCUT2D eigenvalue weighted by atomic mass is 79.9. The van der Waals surface area contributed by atoms with Crippen LogP contribution in [0.1, 0.15) is 4.88 Å². The number of rotatable bonds is 4. The number of hydrogen-bond donors (Lipinski definition) is 2.